The molecule has 1 atom stereocenters. The van der Waals surface area contributed by atoms with Crippen molar-refractivity contribution < 1.29 is 23.1 Å². The minimum atomic E-state index is -3.31. The third-order valence-electron chi connectivity index (χ3n) is 2.16. The Morgan fingerprint density at radius 1 is 1.60 bits per heavy atom. The molecule has 1 unspecified atom stereocenters. The van der Waals surface area contributed by atoms with Crippen molar-refractivity contribution in [1.82, 2.24) is 4.31 Å². The highest BCUT2D eigenvalue weighted by Gasteiger charge is 2.32. The minimum Gasteiger partial charge on any atom is -0.479 e. The van der Waals surface area contributed by atoms with Crippen LogP contribution in [0.15, 0.2) is 0 Å². The molecule has 1 saturated heterocycles. The van der Waals surface area contributed by atoms with Crippen molar-refractivity contribution in [2.75, 3.05) is 25.4 Å². The van der Waals surface area contributed by atoms with E-state index in [0.717, 1.165) is 0 Å². The van der Waals surface area contributed by atoms with E-state index in [1.165, 1.54) is 4.31 Å². The molecule has 0 aromatic carbocycles. The van der Waals surface area contributed by atoms with E-state index < -0.39 is 22.1 Å². The summed E-state index contributed by atoms with van der Waals surface area (Å²) in [6, 6.07) is 0. The molecule has 7 heteroatoms. The number of hydrogen-bond acceptors (Lipinski definition) is 4. The van der Waals surface area contributed by atoms with Crippen LogP contribution in [0.1, 0.15) is 13.3 Å². The summed E-state index contributed by atoms with van der Waals surface area (Å²) in [5.41, 5.74) is 0. The molecule has 0 aromatic rings. The summed E-state index contributed by atoms with van der Waals surface area (Å²) in [6.07, 6.45) is -0.511. The molecular formula is C8H15NO5S. The highest BCUT2D eigenvalue weighted by atomic mass is 32.2. The van der Waals surface area contributed by atoms with Crippen LogP contribution >= 0.6 is 0 Å². The maximum absolute atomic E-state index is 11.6. The second-order valence-corrected chi connectivity index (χ2v) is 5.46. The molecular weight excluding hydrogens is 222 g/mol. The zero-order chi connectivity index (χ0) is 11.5. The fourth-order valence-corrected chi connectivity index (χ4v) is 2.90. The zero-order valence-corrected chi connectivity index (χ0v) is 9.37. The second kappa shape index (κ2) is 4.91. The fraction of sp³-hybridized carbons (Fsp3) is 0.875. The summed E-state index contributed by atoms with van der Waals surface area (Å²) in [5, 5.41) is 8.71. The van der Waals surface area contributed by atoms with Crippen LogP contribution in [0.25, 0.3) is 0 Å². The molecule has 1 aliphatic heterocycles. The molecule has 0 spiro atoms. The largest absolute Gasteiger partial charge is 0.479 e. The van der Waals surface area contributed by atoms with Gasteiger partial charge in [0.15, 0.2) is 6.10 Å². The molecule has 88 valence electrons. The van der Waals surface area contributed by atoms with Gasteiger partial charge in [0.25, 0.3) is 0 Å². The van der Waals surface area contributed by atoms with E-state index in [2.05, 4.69) is 0 Å². The van der Waals surface area contributed by atoms with E-state index >= 15 is 0 Å². The number of carbonyl (C=O) groups is 1. The van der Waals surface area contributed by atoms with Crippen LogP contribution in [0.3, 0.4) is 0 Å². The normalized spacial score (nSPS) is 23.9. The third kappa shape index (κ3) is 3.15. The Bertz CT molecular complexity index is 326. The van der Waals surface area contributed by atoms with Gasteiger partial charge in [0.2, 0.25) is 10.0 Å². The van der Waals surface area contributed by atoms with E-state index in [1.54, 1.807) is 6.92 Å². The van der Waals surface area contributed by atoms with Crippen molar-refractivity contribution in [2.24, 2.45) is 0 Å². The van der Waals surface area contributed by atoms with Gasteiger partial charge in [0.1, 0.15) is 0 Å². The van der Waals surface area contributed by atoms with Crippen LogP contribution in [-0.4, -0.2) is 55.4 Å². The molecule has 0 aliphatic carbocycles. The van der Waals surface area contributed by atoms with E-state index in [1.807, 2.05) is 0 Å². The lowest BCUT2D eigenvalue weighted by Gasteiger charge is -2.29. The van der Waals surface area contributed by atoms with Crippen molar-refractivity contribution in [3.63, 3.8) is 0 Å². The monoisotopic (exact) mass is 237 g/mol. The number of rotatable bonds is 4. The summed E-state index contributed by atoms with van der Waals surface area (Å²) in [5.74, 6) is -1.06. The predicted molar refractivity (Wildman–Crippen MR) is 53.0 cm³/mol. The number of nitrogens with zero attached hydrogens (tertiary/aromatic N) is 1. The Morgan fingerprint density at radius 2 is 2.27 bits per heavy atom. The Hall–Kier alpha value is -0.660. The molecule has 0 amide bonds. The maximum Gasteiger partial charge on any atom is 0.334 e. The number of hydrogen-bond donors (Lipinski definition) is 1. The molecule has 0 saturated carbocycles. The minimum absolute atomic E-state index is 0.0549. The van der Waals surface area contributed by atoms with E-state index in [4.69, 9.17) is 9.84 Å². The molecule has 1 heterocycles. The Labute approximate surface area is 88.9 Å². The standard InChI is InChI=1S/C8H15NO5S/c1-2-5-15(12,13)9-3-4-14-7(6-9)8(10)11/h7H,2-6H2,1H3,(H,10,11). The SMILES string of the molecule is CCCS(=O)(=O)N1CCOC(C(=O)O)C1. The lowest BCUT2D eigenvalue weighted by molar-refractivity contribution is -0.153. The Kier molecular flexibility index (Phi) is 4.06. The summed E-state index contributed by atoms with van der Waals surface area (Å²) in [4.78, 5) is 10.6. The van der Waals surface area contributed by atoms with Gasteiger partial charge < -0.3 is 9.84 Å². The van der Waals surface area contributed by atoms with E-state index in [0.29, 0.717) is 6.42 Å². The molecule has 15 heavy (non-hydrogen) atoms. The molecule has 0 radical (unpaired) electrons. The lowest BCUT2D eigenvalue weighted by atomic mass is 10.3. The smallest absolute Gasteiger partial charge is 0.334 e. The molecule has 1 aliphatic rings. The highest BCUT2D eigenvalue weighted by molar-refractivity contribution is 7.89. The first-order chi connectivity index (χ1) is 6.97. The lowest BCUT2D eigenvalue weighted by Crippen LogP contribution is -2.49. The zero-order valence-electron chi connectivity index (χ0n) is 8.55. The van der Waals surface area contributed by atoms with Crippen LogP contribution in [0.4, 0.5) is 0 Å². The maximum atomic E-state index is 11.6. The highest BCUT2D eigenvalue weighted by Crippen LogP contribution is 2.11. The second-order valence-electron chi connectivity index (χ2n) is 3.37. The van der Waals surface area contributed by atoms with Gasteiger partial charge in [0.05, 0.1) is 18.9 Å². The molecule has 1 fully saturated rings. The summed E-state index contributed by atoms with van der Waals surface area (Å²) < 4.78 is 29.4. The first-order valence-electron chi connectivity index (χ1n) is 4.79. The van der Waals surface area contributed by atoms with Crippen molar-refractivity contribution >= 4 is 16.0 Å². The number of ether oxygens (including phenoxy) is 1. The fourth-order valence-electron chi connectivity index (χ4n) is 1.41. The average molecular weight is 237 g/mol. The summed E-state index contributed by atoms with van der Waals surface area (Å²) in [7, 11) is -3.31. The molecule has 0 bridgehead atoms. The van der Waals surface area contributed by atoms with Gasteiger partial charge in [-0.25, -0.2) is 13.2 Å². The van der Waals surface area contributed by atoms with Crippen molar-refractivity contribution in [3.05, 3.63) is 0 Å². The van der Waals surface area contributed by atoms with Gasteiger partial charge in [-0.15, -0.1) is 0 Å². The van der Waals surface area contributed by atoms with Gasteiger partial charge >= 0.3 is 5.97 Å². The van der Waals surface area contributed by atoms with Crippen LogP contribution in [0, 0.1) is 0 Å². The summed E-state index contributed by atoms with van der Waals surface area (Å²) in [6.45, 7) is 2.07. The molecule has 0 aromatic heterocycles. The number of carboxylic acids is 1. The van der Waals surface area contributed by atoms with Gasteiger partial charge in [-0.05, 0) is 6.42 Å². The van der Waals surface area contributed by atoms with Crippen LogP contribution in [0.5, 0.6) is 0 Å². The molecule has 1 N–H and O–H groups in total. The van der Waals surface area contributed by atoms with Crippen molar-refractivity contribution in [3.8, 4) is 0 Å². The van der Waals surface area contributed by atoms with E-state index in [-0.39, 0.29) is 25.4 Å². The Morgan fingerprint density at radius 3 is 2.80 bits per heavy atom. The first-order valence-corrected chi connectivity index (χ1v) is 6.40. The van der Waals surface area contributed by atoms with Crippen LogP contribution in [-0.2, 0) is 19.6 Å². The van der Waals surface area contributed by atoms with Crippen LogP contribution in [0.2, 0.25) is 0 Å². The summed E-state index contributed by atoms with van der Waals surface area (Å²) >= 11 is 0. The number of sulfonamides is 1. The van der Waals surface area contributed by atoms with Gasteiger partial charge in [-0.2, -0.15) is 4.31 Å². The van der Waals surface area contributed by atoms with Gasteiger partial charge in [-0.1, -0.05) is 6.92 Å². The van der Waals surface area contributed by atoms with Crippen molar-refractivity contribution in [1.29, 1.82) is 0 Å². The predicted octanol–water partition coefficient (Wildman–Crippen LogP) is -0.488. The number of morpholine rings is 1. The first kappa shape index (κ1) is 12.4. The van der Waals surface area contributed by atoms with Crippen molar-refractivity contribution in [2.45, 2.75) is 19.4 Å². The van der Waals surface area contributed by atoms with E-state index in [9.17, 15) is 13.2 Å². The Balaban J connectivity index is 2.67. The average Bonchev–Trinajstić information content (AvgIpc) is 2.18. The third-order valence-corrected chi connectivity index (χ3v) is 4.20. The molecule has 1 rings (SSSR count). The topological polar surface area (TPSA) is 83.9 Å². The van der Waals surface area contributed by atoms with Crippen LogP contribution < -0.4 is 0 Å². The quantitative estimate of drug-likeness (QED) is 0.713. The van der Waals surface area contributed by atoms with Gasteiger partial charge in [-0.3, -0.25) is 0 Å². The number of aliphatic carboxylic acids is 1. The van der Waals surface area contributed by atoms with Gasteiger partial charge in [0, 0.05) is 6.54 Å². The number of carboxylic acid groups (broad SMARTS) is 1. The molecule has 6 nitrogen and oxygen atoms in total.